The highest BCUT2D eigenvalue weighted by atomic mass is 16.5. The first-order valence-corrected chi connectivity index (χ1v) is 7.34. The lowest BCUT2D eigenvalue weighted by molar-refractivity contribution is -0.124. The Hall–Kier alpha value is -1.43. The normalized spacial score (nSPS) is 23.0. The summed E-state index contributed by atoms with van der Waals surface area (Å²) in [5.74, 6) is -0.0329. The van der Waals surface area contributed by atoms with Gasteiger partial charge in [-0.1, -0.05) is 12.1 Å². The van der Waals surface area contributed by atoms with Gasteiger partial charge in [-0.3, -0.25) is 9.69 Å². The Kier molecular flexibility index (Phi) is 5.33. The van der Waals surface area contributed by atoms with Crippen LogP contribution in [0.15, 0.2) is 18.2 Å². The Morgan fingerprint density at radius 3 is 2.90 bits per heavy atom. The van der Waals surface area contributed by atoms with E-state index < -0.39 is 0 Å². The van der Waals surface area contributed by atoms with Crippen LogP contribution in [0.1, 0.15) is 18.1 Å². The van der Waals surface area contributed by atoms with E-state index in [2.05, 4.69) is 5.32 Å². The standard InChI is InChI=1S/C16H24N2O3/c1-11-5-4-6-15(13(11)3)17-16(20)9-18-7-12(2)21-14(8-18)10-19/h4-6,12,14,19H,7-10H2,1-3H3,(H,17,20). The number of hydrogen-bond donors (Lipinski definition) is 2. The summed E-state index contributed by atoms with van der Waals surface area (Å²) in [6.07, 6.45) is -0.174. The summed E-state index contributed by atoms with van der Waals surface area (Å²) in [6, 6.07) is 5.88. The first kappa shape index (κ1) is 15.9. The SMILES string of the molecule is Cc1cccc(NC(=O)CN2CC(C)OC(CO)C2)c1C. The number of ether oxygens (including phenoxy) is 1. The molecule has 1 fully saturated rings. The number of carbonyl (C=O) groups is 1. The van der Waals surface area contributed by atoms with Gasteiger partial charge < -0.3 is 15.2 Å². The summed E-state index contributed by atoms with van der Waals surface area (Å²) in [5, 5.41) is 12.2. The van der Waals surface area contributed by atoms with Crippen LogP contribution < -0.4 is 5.32 Å². The van der Waals surface area contributed by atoms with Crippen molar-refractivity contribution < 1.29 is 14.6 Å². The zero-order valence-electron chi connectivity index (χ0n) is 12.9. The molecule has 2 unspecified atom stereocenters. The van der Waals surface area contributed by atoms with Gasteiger partial charge in [-0.2, -0.15) is 0 Å². The van der Waals surface area contributed by atoms with Gasteiger partial charge in [0.1, 0.15) is 0 Å². The number of rotatable bonds is 4. The molecule has 0 radical (unpaired) electrons. The highest BCUT2D eigenvalue weighted by Crippen LogP contribution is 2.18. The van der Waals surface area contributed by atoms with Gasteiger partial charge in [0.15, 0.2) is 0 Å². The van der Waals surface area contributed by atoms with Gasteiger partial charge >= 0.3 is 0 Å². The molecular formula is C16H24N2O3. The predicted octanol–water partition coefficient (Wildman–Crippen LogP) is 1.32. The van der Waals surface area contributed by atoms with E-state index >= 15 is 0 Å². The van der Waals surface area contributed by atoms with Gasteiger partial charge in [0.25, 0.3) is 0 Å². The third-order valence-corrected chi connectivity index (χ3v) is 3.85. The number of nitrogens with one attached hydrogen (secondary N) is 1. The van der Waals surface area contributed by atoms with Crippen LogP contribution in [0.3, 0.4) is 0 Å². The summed E-state index contributed by atoms with van der Waals surface area (Å²) in [5.41, 5.74) is 3.11. The molecule has 5 nitrogen and oxygen atoms in total. The van der Waals surface area contributed by atoms with Gasteiger partial charge in [0.05, 0.1) is 25.4 Å². The molecule has 0 saturated carbocycles. The molecule has 0 bridgehead atoms. The number of nitrogens with zero attached hydrogens (tertiary/aromatic N) is 1. The highest BCUT2D eigenvalue weighted by molar-refractivity contribution is 5.93. The lowest BCUT2D eigenvalue weighted by atomic mass is 10.1. The molecule has 1 saturated heterocycles. The van der Waals surface area contributed by atoms with Crippen molar-refractivity contribution in [1.29, 1.82) is 0 Å². The molecule has 2 rings (SSSR count). The fraction of sp³-hybridized carbons (Fsp3) is 0.562. The van der Waals surface area contributed by atoms with Gasteiger partial charge in [0.2, 0.25) is 5.91 Å². The summed E-state index contributed by atoms with van der Waals surface area (Å²) in [7, 11) is 0. The van der Waals surface area contributed by atoms with Crippen LogP contribution in [0.2, 0.25) is 0 Å². The number of aliphatic hydroxyl groups excluding tert-OH is 1. The van der Waals surface area contributed by atoms with Crippen LogP contribution in [0.5, 0.6) is 0 Å². The maximum Gasteiger partial charge on any atom is 0.238 e. The van der Waals surface area contributed by atoms with Gasteiger partial charge in [-0.25, -0.2) is 0 Å². The fourth-order valence-corrected chi connectivity index (χ4v) is 2.65. The monoisotopic (exact) mass is 292 g/mol. The van der Waals surface area contributed by atoms with Crippen LogP contribution in [0.25, 0.3) is 0 Å². The van der Waals surface area contributed by atoms with E-state index in [0.717, 1.165) is 16.8 Å². The molecule has 0 aliphatic carbocycles. The molecule has 1 aliphatic heterocycles. The Morgan fingerprint density at radius 2 is 2.19 bits per heavy atom. The average Bonchev–Trinajstić information content (AvgIpc) is 2.43. The predicted molar refractivity (Wildman–Crippen MR) is 82.4 cm³/mol. The van der Waals surface area contributed by atoms with Gasteiger partial charge in [0, 0.05) is 18.8 Å². The van der Waals surface area contributed by atoms with Crippen molar-refractivity contribution in [2.45, 2.75) is 33.0 Å². The highest BCUT2D eigenvalue weighted by Gasteiger charge is 2.26. The van der Waals surface area contributed by atoms with Crippen LogP contribution >= 0.6 is 0 Å². The zero-order chi connectivity index (χ0) is 15.4. The summed E-state index contributed by atoms with van der Waals surface area (Å²) < 4.78 is 5.58. The van der Waals surface area contributed by atoms with Crippen LogP contribution in [0, 0.1) is 13.8 Å². The lowest BCUT2D eigenvalue weighted by Gasteiger charge is -2.35. The third-order valence-electron chi connectivity index (χ3n) is 3.85. The van der Waals surface area contributed by atoms with Crippen LogP contribution in [-0.4, -0.2) is 54.4 Å². The zero-order valence-corrected chi connectivity index (χ0v) is 12.9. The minimum Gasteiger partial charge on any atom is -0.394 e. The maximum atomic E-state index is 12.2. The van der Waals surface area contributed by atoms with Crippen molar-refractivity contribution >= 4 is 11.6 Å². The first-order valence-electron chi connectivity index (χ1n) is 7.34. The second-order valence-corrected chi connectivity index (χ2v) is 5.74. The minimum absolute atomic E-state index is 0.0144. The smallest absolute Gasteiger partial charge is 0.238 e. The molecule has 1 aromatic rings. The first-order chi connectivity index (χ1) is 9.99. The Bertz CT molecular complexity index is 504. The van der Waals surface area contributed by atoms with E-state index in [0.29, 0.717) is 19.6 Å². The van der Waals surface area contributed by atoms with Crippen LogP contribution in [-0.2, 0) is 9.53 Å². The third kappa shape index (κ3) is 4.27. The molecule has 1 aliphatic rings. The molecule has 5 heteroatoms. The minimum atomic E-state index is -0.206. The number of benzene rings is 1. The molecule has 2 N–H and O–H groups in total. The van der Waals surface area contributed by atoms with Crippen molar-refractivity contribution in [3.8, 4) is 0 Å². The summed E-state index contributed by atoms with van der Waals surface area (Å²) in [4.78, 5) is 14.2. The number of aliphatic hydroxyl groups is 1. The molecular weight excluding hydrogens is 268 g/mol. The topological polar surface area (TPSA) is 61.8 Å². The quantitative estimate of drug-likeness (QED) is 0.879. The number of hydrogen-bond acceptors (Lipinski definition) is 4. The number of carbonyl (C=O) groups excluding carboxylic acids is 1. The van der Waals surface area contributed by atoms with E-state index in [1.807, 2.05) is 43.9 Å². The van der Waals surface area contributed by atoms with Gasteiger partial charge in [-0.05, 0) is 38.0 Å². The van der Waals surface area contributed by atoms with Crippen LogP contribution in [0.4, 0.5) is 5.69 Å². The molecule has 116 valence electrons. The van der Waals surface area contributed by atoms with Crippen molar-refractivity contribution in [3.63, 3.8) is 0 Å². The Morgan fingerprint density at radius 1 is 1.43 bits per heavy atom. The van der Waals surface area contributed by atoms with E-state index in [4.69, 9.17) is 4.74 Å². The average molecular weight is 292 g/mol. The van der Waals surface area contributed by atoms with E-state index in [1.54, 1.807) is 0 Å². The maximum absolute atomic E-state index is 12.2. The Balaban J connectivity index is 1.93. The number of amides is 1. The molecule has 1 heterocycles. The number of morpholine rings is 1. The summed E-state index contributed by atoms with van der Waals surface area (Å²) in [6.45, 7) is 7.58. The van der Waals surface area contributed by atoms with Crippen molar-refractivity contribution in [2.75, 3.05) is 31.6 Å². The second-order valence-electron chi connectivity index (χ2n) is 5.74. The molecule has 1 amide bonds. The summed E-state index contributed by atoms with van der Waals surface area (Å²) >= 11 is 0. The fourth-order valence-electron chi connectivity index (χ4n) is 2.65. The lowest BCUT2D eigenvalue weighted by Crippen LogP contribution is -2.50. The van der Waals surface area contributed by atoms with Crippen molar-refractivity contribution in [3.05, 3.63) is 29.3 Å². The van der Waals surface area contributed by atoms with E-state index in [-0.39, 0.29) is 24.7 Å². The van der Waals surface area contributed by atoms with Crippen molar-refractivity contribution in [2.24, 2.45) is 0 Å². The Labute approximate surface area is 125 Å². The second kappa shape index (κ2) is 7.02. The molecule has 21 heavy (non-hydrogen) atoms. The largest absolute Gasteiger partial charge is 0.394 e. The molecule has 0 spiro atoms. The molecule has 0 aromatic heterocycles. The van der Waals surface area contributed by atoms with Gasteiger partial charge in [-0.15, -0.1) is 0 Å². The molecule has 1 aromatic carbocycles. The van der Waals surface area contributed by atoms with E-state index in [9.17, 15) is 9.90 Å². The van der Waals surface area contributed by atoms with E-state index in [1.165, 1.54) is 0 Å². The number of anilines is 1. The van der Waals surface area contributed by atoms with Crippen molar-refractivity contribution in [1.82, 2.24) is 4.90 Å². The number of aryl methyl sites for hydroxylation is 1. The molecule has 2 atom stereocenters.